The predicted octanol–water partition coefficient (Wildman–Crippen LogP) is 3.56. The summed E-state index contributed by atoms with van der Waals surface area (Å²) in [6.45, 7) is 6.78. The van der Waals surface area contributed by atoms with E-state index in [1.165, 1.54) is 29.7 Å². The van der Waals surface area contributed by atoms with Gasteiger partial charge in [-0.05, 0) is 36.8 Å². The maximum atomic E-state index is 3.61. The molecule has 0 aliphatic carbocycles. The molecule has 14 heavy (non-hydrogen) atoms. The Morgan fingerprint density at radius 1 is 1.36 bits per heavy atom. The Morgan fingerprint density at radius 2 is 2.14 bits per heavy atom. The molecule has 0 fully saturated rings. The van der Waals surface area contributed by atoms with Gasteiger partial charge >= 0.3 is 0 Å². The molecule has 1 heterocycles. The van der Waals surface area contributed by atoms with E-state index in [1.54, 1.807) is 0 Å². The second-order valence-corrected chi connectivity index (χ2v) is 4.62. The molecule has 1 aliphatic heterocycles. The average molecular weight is 189 g/mol. The zero-order chi connectivity index (χ0) is 10.1. The fraction of sp³-hybridized carbons (Fsp3) is 0.538. The van der Waals surface area contributed by atoms with E-state index in [0.717, 1.165) is 0 Å². The van der Waals surface area contributed by atoms with Crippen LogP contribution in [0.5, 0.6) is 0 Å². The molecule has 1 nitrogen and oxygen atoms in total. The SMILES string of the molecule is CC1CCc2cccc(C(C)C)c2N1. The van der Waals surface area contributed by atoms with E-state index in [1.807, 2.05) is 0 Å². The van der Waals surface area contributed by atoms with Crippen LogP contribution in [-0.2, 0) is 6.42 Å². The molecule has 0 radical (unpaired) electrons. The highest BCUT2D eigenvalue weighted by Gasteiger charge is 2.17. The van der Waals surface area contributed by atoms with Crippen LogP contribution in [0, 0.1) is 0 Å². The molecule has 1 unspecified atom stereocenters. The number of fused-ring (bicyclic) bond motifs is 1. The molecule has 1 N–H and O–H groups in total. The van der Waals surface area contributed by atoms with E-state index in [4.69, 9.17) is 0 Å². The van der Waals surface area contributed by atoms with Crippen molar-refractivity contribution in [2.45, 2.75) is 45.6 Å². The van der Waals surface area contributed by atoms with Crippen LogP contribution in [0.15, 0.2) is 18.2 Å². The quantitative estimate of drug-likeness (QED) is 0.712. The maximum Gasteiger partial charge on any atom is 0.0409 e. The van der Waals surface area contributed by atoms with Gasteiger partial charge in [-0.1, -0.05) is 32.0 Å². The lowest BCUT2D eigenvalue weighted by molar-refractivity contribution is 0.675. The third kappa shape index (κ3) is 1.63. The molecule has 0 spiro atoms. The maximum absolute atomic E-state index is 3.61. The number of rotatable bonds is 1. The van der Waals surface area contributed by atoms with Gasteiger partial charge in [0.25, 0.3) is 0 Å². The van der Waals surface area contributed by atoms with Crippen LogP contribution in [0.4, 0.5) is 5.69 Å². The largest absolute Gasteiger partial charge is 0.382 e. The van der Waals surface area contributed by atoms with Gasteiger partial charge in [-0.15, -0.1) is 0 Å². The smallest absolute Gasteiger partial charge is 0.0409 e. The average Bonchev–Trinajstić information content (AvgIpc) is 2.16. The first kappa shape index (κ1) is 9.57. The van der Waals surface area contributed by atoms with E-state index in [2.05, 4.69) is 44.3 Å². The Kier molecular flexibility index (Phi) is 2.49. The van der Waals surface area contributed by atoms with Gasteiger partial charge in [0.05, 0.1) is 0 Å². The van der Waals surface area contributed by atoms with Crippen molar-refractivity contribution in [1.29, 1.82) is 0 Å². The van der Waals surface area contributed by atoms with Gasteiger partial charge in [0.1, 0.15) is 0 Å². The molecule has 0 saturated heterocycles. The molecule has 0 amide bonds. The summed E-state index contributed by atoms with van der Waals surface area (Å²) in [6.07, 6.45) is 2.48. The van der Waals surface area contributed by atoms with Crippen LogP contribution < -0.4 is 5.32 Å². The first-order valence-electron chi connectivity index (χ1n) is 5.57. The van der Waals surface area contributed by atoms with Crippen molar-refractivity contribution in [1.82, 2.24) is 0 Å². The minimum Gasteiger partial charge on any atom is -0.382 e. The molecule has 1 aromatic carbocycles. The molecule has 0 aromatic heterocycles. The molecule has 1 atom stereocenters. The normalized spacial score (nSPS) is 20.4. The molecule has 76 valence electrons. The van der Waals surface area contributed by atoms with E-state index >= 15 is 0 Å². The Bertz CT molecular complexity index is 328. The highest BCUT2D eigenvalue weighted by atomic mass is 14.9. The molecule has 2 rings (SSSR count). The van der Waals surface area contributed by atoms with Crippen molar-refractivity contribution in [2.24, 2.45) is 0 Å². The van der Waals surface area contributed by atoms with Crippen molar-refractivity contribution in [3.05, 3.63) is 29.3 Å². The van der Waals surface area contributed by atoms with Crippen LogP contribution >= 0.6 is 0 Å². The van der Waals surface area contributed by atoms with Crippen LogP contribution in [0.1, 0.15) is 44.2 Å². The minimum atomic E-state index is 0.614. The monoisotopic (exact) mass is 189 g/mol. The summed E-state index contributed by atoms with van der Waals surface area (Å²) in [6, 6.07) is 7.31. The van der Waals surface area contributed by atoms with E-state index < -0.39 is 0 Å². The van der Waals surface area contributed by atoms with Crippen molar-refractivity contribution in [3.63, 3.8) is 0 Å². The van der Waals surface area contributed by atoms with Crippen molar-refractivity contribution in [2.75, 3.05) is 5.32 Å². The number of hydrogen-bond donors (Lipinski definition) is 1. The highest BCUT2D eigenvalue weighted by molar-refractivity contribution is 5.60. The van der Waals surface area contributed by atoms with Gasteiger partial charge in [0.2, 0.25) is 0 Å². The molecular formula is C13H19N. The summed E-state index contributed by atoms with van der Waals surface area (Å²) in [5, 5.41) is 3.61. The van der Waals surface area contributed by atoms with Crippen LogP contribution in [0.3, 0.4) is 0 Å². The van der Waals surface area contributed by atoms with E-state index in [-0.39, 0.29) is 0 Å². The van der Waals surface area contributed by atoms with Crippen molar-refractivity contribution in [3.8, 4) is 0 Å². The lowest BCUT2D eigenvalue weighted by Gasteiger charge is -2.27. The highest BCUT2D eigenvalue weighted by Crippen LogP contribution is 2.32. The number of para-hydroxylation sites is 1. The molecule has 0 bridgehead atoms. The number of nitrogens with one attached hydrogen (secondary N) is 1. The number of benzene rings is 1. The first-order chi connectivity index (χ1) is 6.68. The lowest BCUT2D eigenvalue weighted by Crippen LogP contribution is -2.23. The van der Waals surface area contributed by atoms with Gasteiger partial charge < -0.3 is 5.32 Å². The fourth-order valence-corrected chi connectivity index (χ4v) is 2.18. The van der Waals surface area contributed by atoms with Crippen molar-refractivity contribution < 1.29 is 0 Å². The zero-order valence-corrected chi connectivity index (χ0v) is 9.30. The summed E-state index contributed by atoms with van der Waals surface area (Å²) in [4.78, 5) is 0. The fourth-order valence-electron chi connectivity index (χ4n) is 2.18. The van der Waals surface area contributed by atoms with Gasteiger partial charge in [0, 0.05) is 11.7 Å². The van der Waals surface area contributed by atoms with Gasteiger partial charge in [-0.2, -0.15) is 0 Å². The second kappa shape index (κ2) is 3.64. The van der Waals surface area contributed by atoms with Gasteiger partial charge in [-0.25, -0.2) is 0 Å². The minimum absolute atomic E-state index is 0.614. The summed E-state index contributed by atoms with van der Waals surface area (Å²) >= 11 is 0. The summed E-state index contributed by atoms with van der Waals surface area (Å²) in [7, 11) is 0. The third-order valence-corrected chi connectivity index (χ3v) is 3.04. The van der Waals surface area contributed by atoms with E-state index in [0.29, 0.717) is 12.0 Å². The Balaban J connectivity index is 2.43. The Morgan fingerprint density at radius 3 is 2.86 bits per heavy atom. The van der Waals surface area contributed by atoms with Crippen molar-refractivity contribution >= 4 is 5.69 Å². The van der Waals surface area contributed by atoms with Gasteiger partial charge in [-0.3, -0.25) is 0 Å². The molecule has 1 aliphatic rings. The Hall–Kier alpha value is -0.980. The zero-order valence-electron chi connectivity index (χ0n) is 9.30. The lowest BCUT2D eigenvalue weighted by atomic mass is 9.91. The molecule has 0 saturated carbocycles. The third-order valence-electron chi connectivity index (χ3n) is 3.04. The predicted molar refractivity (Wildman–Crippen MR) is 61.9 cm³/mol. The van der Waals surface area contributed by atoms with Crippen LogP contribution in [0.2, 0.25) is 0 Å². The van der Waals surface area contributed by atoms with Gasteiger partial charge in [0.15, 0.2) is 0 Å². The molecule has 1 aromatic rings. The summed E-state index contributed by atoms with van der Waals surface area (Å²) in [5.41, 5.74) is 4.37. The topological polar surface area (TPSA) is 12.0 Å². The number of anilines is 1. The van der Waals surface area contributed by atoms with Crippen LogP contribution in [-0.4, -0.2) is 6.04 Å². The number of hydrogen-bond acceptors (Lipinski definition) is 1. The number of aryl methyl sites for hydroxylation is 1. The second-order valence-electron chi connectivity index (χ2n) is 4.62. The van der Waals surface area contributed by atoms with Crippen LogP contribution in [0.25, 0.3) is 0 Å². The molecular weight excluding hydrogens is 170 g/mol. The molecule has 1 heteroatoms. The summed E-state index contributed by atoms with van der Waals surface area (Å²) in [5.74, 6) is 0.614. The standard InChI is InChI=1S/C13H19N/c1-9(2)12-6-4-5-11-8-7-10(3)14-13(11)12/h4-6,9-10,14H,7-8H2,1-3H3. The Labute approximate surface area is 86.5 Å². The first-order valence-corrected chi connectivity index (χ1v) is 5.57. The summed E-state index contributed by atoms with van der Waals surface area (Å²) < 4.78 is 0. The van der Waals surface area contributed by atoms with E-state index in [9.17, 15) is 0 Å².